The summed E-state index contributed by atoms with van der Waals surface area (Å²) < 4.78 is 0. The molecule has 4 nitrogen and oxygen atoms in total. The average molecular weight is 301 g/mol. The van der Waals surface area contributed by atoms with Crippen molar-refractivity contribution < 1.29 is 4.79 Å². The maximum absolute atomic E-state index is 12.2. The Bertz CT molecular complexity index is 793. The molecule has 0 aliphatic carbocycles. The number of hydrogen-bond acceptors (Lipinski definition) is 3. The quantitative estimate of drug-likeness (QED) is 0.695. The van der Waals surface area contributed by atoms with Crippen molar-refractivity contribution in [2.45, 2.75) is 13.0 Å². The van der Waals surface area contributed by atoms with E-state index >= 15 is 0 Å². The molecule has 0 fully saturated rings. The zero-order valence-electron chi connectivity index (χ0n) is 12.7. The fourth-order valence-electron chi connectivity index (χ4n) is 2.07. The summed E-state index contributed by atoms with van der Waals surface area (Å²) in [6, 6.07) is 20.0. The van der Waals surface area contributed by atoms with Gasteiger partial charge in [-0.25, -0.2) is 0 Å². The number of carbonyl (C=O) groups is 1. The van der Waals surface area contributed by atoms with Crippen LogP contribution in [0.25, 0.3) is 6.08 Å². The molecule has 0 unspecified atom stereocenters. The number of benzene rings is 2. The van der Waals surface area contributed by atoms with Crippen molar-refractivity contribution in [1.82, 2.24) is 5.32 Å². The van der Waals surface area contributed by atoms with Gasteiger partial charge in [0.25, 0.3) is 5.91 Å². The first-order chi connectivity index (χ1) is 11.1. The van der Waals surface area contributed by atoms with E-state index in [0.717, 1.165) is 5.56 Å². The molecule has 0 saturated heterocycles. The van der Waals surface area contributed by atoms with Crippen LogP contribution in [-0.4, -0.2) is 5.91 Å². The van der Waals surface area contributed by atoms with Crippen LogP contribution in [0.3, 0.4) is 0 Å². The Morgan fingerprint density at radius 3 is 2.30 bits per heavy atom. The van der Waals surface area contributed by atoms with Gasteiger partial charge in [0, 0.05) is 0 Å². The predicted octanol–water partition coefficient (Wildman–Crippen LogP) is 3.34. The first kappa shape index (κ1) is 16.0. The van der Waals surface area contributed by atoms with E-state index in [1.807, 2.05) is 49.4 Å². The Kier molecular flexibility index (Phi) is 5.28. The highest BCUT2D eigenvalue weighted by Gasteiger charge is 2.13. The Balaban J connectivity index is 2.13. The van der Waals surface area contributed by atoms with Gasteiger partial charge in [0.15, 0.2) is 0 Å². The Morgan fingerprint density at radius 2 is 1.74 bits per heavy atom. The minimum atomic E-state index is -0.423. The zero-order valence-corrected chi connectivity index (χ0v) is 12.7. The average Bonchev–Trinajstić information content (AvgIpc) is 2.60. The third-order valence-electron chi connectivity index (χ3n) is 3.36. The topological polar surface area (TPSA) is 76.7 Å². The van der Waals surface area contributed by atoms with Crippen LogP contribution in [0.15, 0.2) is 60.2 Å². The number of nitrogens with one attached hydrogen (secondary N) is 1. The summed E-state index contributed by atoms with van der Waals surface area (Å²) in [4.78, 5) is 12.2. The molecule has 0 heterocycles. The molecule has 0 aliphatic heterocycles. The van der Waals surface area contributed by atoms with Crippen molar-refractivity contribution in [1.29, 1.82) is 10.5 Å². The fraction of sp³-hybridized carbons (Fsp3) is 0.105. The van der Waals surface area contributed by atoms with E-state index in [9.17, 15) is 10.1 Å². The molecule has 2 aromatic rings. The summed E-state index contributed by atoms with van der Waals surface area (Å²) in [6.45, 7) is 1.87. The lowest BCUT2D eigenvalue weighted by atomic mass is 10.1. The maximum atomic E-state index is 12.2. The highest BCUT2D eigenvalue weighted by Crippen LogP contribution is 2.13. The van der Waals surface area contributed by atoms with Crippen LogP contribution in [0, 0.1) is 22.7 Å². The second kappa shape index (κ2) is 7.59. The van der Waals surface area contributed by atoms with E-state index in [1.165, 1.54) is 6.08 Å². The van der Waals surface area contributed by atoms with E-state index in [2.05, 4.69) is 5.32 Å². The third kappa shape index (κ3) is 4.30. The highest BCUT2D eigenvalue weighted by molar-refractivity contribution is 6.01. The van der Waals surface area contributed by atoms with Crippen LogP contribution in [-0.2, 0) is 4.79 Å². The second-order valence-corrected chi connectivity index (χ2v) is 5.01. The SMILES string of the molecule is C[C@@H](NC(=O)/C(C#N)=C\c1ccc(C#N)cc1)c1ccccc1. The number of nitriles is 2. The molecule has 0 radical (unpaired) electrons. The lowest BCUT2D eigenvalue weighted by molar-refractivity contribution is -0.117. The van der Waals surface area contributed by atoms with Crippen LogP contribution in [0.2, 0.25) is 0 Å². The molecule has 112 valence electrons. The van der Waals surface area contributed by atoms with Gasteiger partial charge in [0.1, 0.15) is 11.6 Å². The molecule has 0 saturated carbocycles. The van der Waals surface area contributed by atoms with Gasteiger partial charge in [-0.2, -0.15) is 10.5 Å². The lowest BCUT2D eigenvalue weighted by Crippen LogP contribution is -2.27. The van der Waals surface area contributed by atoms with Crippen LogP contribution in [0.4, 0.5) is 0 Å². The first-order valence-electron chi connectivity index (χ1n) is 7.12. The molecular formula is C19H15N3O. The summed E-state index contributed by atoms with van der Waals surface area (Å²) in [5.41, 5.74) is 2.22. The van der Waals surface area contributed by atoms with Gasteiger partial charge in [-0.05, 0) is 36.3 Å². The number of nitrogens with zero attached hydrogens (tertiary/aromatic N) is 2. The van der Waals surface area contributed by atoms with Crippen molar-refractivity contribution in [3.63, 3.8) is 0 Å². The number of carbonyl (C=O) groups excluding carboxylic acids is 1. The van der Waals surface area contributed by atoms with Gasteiger partial charge in [-0.1, -0.05) is 42.5 Å². The van der Waals surface area contributed by atoms with Crippen molar-refractivity contribution in [2.75, 3.05) is 0 Å². The van der Waals surface area contributed by atoms with Crippen LogP contribution < -0.4 is 5.32 Å². The van der Waals surface area contributed by atoms with Crippen molar-refractivity contribution >= 4 is 12.0 Å². The monoisotopic (exact) mass is 301 g/mol. The molecule has 0 spiro atoms. The molecule has 0 aliphatic rings. The van der Waals surface area contributed by atoms with Gasteiger partial charge in [0.05, 0.1) is 17.7 Å². The summed E-state index contributed by atoms with van der Waals surface area (Å²) in [5, 5.41) is 20.8. The van der Waals surface area contributed by atoms with E-state index in [-0.39, 0.29) is 11.6 Å². The van der Waals surface area contributed by atoms with Crippen LogP contribution >= 0.6 is 0 Å². The summed E-state index contributed by atoms with van der Waals surface area (Å²) in [7, 11) is 0. The van der Waals surface area contributed by atoms with E-state index in [4.69, 9.17) is 5.26 Å². The Labute approximate surface area is 135 Å². The summed E-state index contributed by atoms with van der Waals surface area (Å²) in [5.74, 6) is -0.423. The Hall–Kier alpha value is -3.37. The lowest BCUT2D eigenvalue weighted by Gasteiger charge is -2.13. The zero-order chi connectivity index (χ0) is 16.7. The van der Waals surface area contributed by atoms with Gasteiger partial charge < -0.3 is 5.32 Å². The summed E-state index contributed by atoms with van der Waals surface area (Å²) in [6.07, 6.45) is 1.51. The molecular weight excluding hydrogens is 286 g/mol. The highest BCUT2D eigenvalue weighted by atomic mass is 16.1. The molecule has 4 heteroatoms. The molecule has 1 amide bonds. The van der Waals surface area contributed by atoms with Gasteiger partial charge in [0.2, 0.25) is 0 Å². The minimum Gasteiger partial charge on any atom is -0.345 e. The third-order valence-corrected chi connectivity index (χ3v) is 3.36. The van der Waals surface area contributed by atoms with Gasteiger partial charge >= 0.3 is 0 Å². The predicted molar refractivity (Wildman–Crippen MR) is 87.7 cm³/mol. The molecule has 0 aromatic heterocycles. The van der Waals surface area contributed by atoms with E-state index < -0.39 is 5.91 Å². The van der Waals surface area contributed by atoms with E-state index in [1.54, 1.807) is 24.3 Å². The number of hydrogen-bond donors (Lipinski definition) is 1. The summed E-state index contributed by atoms with van der Waals surface area (Å²) >= 11 is 0. The normalized spacial score (nSPS) is 11.9. The molecule has 0 bridgehead atoms. The number of rotatable bonds is 4. The molecule has 1 N–H and O–H groups in total. The molecule has 2 aromatic carbocycles. The smallest absolute Gasteiger partial charge is 0.262 e. The van der Waals surface area contributed by atoms with Crippen molar-refractivity contribution in [2.24, 2.45) is 0 Å². The Morgan fingerprint density at radius 1 is 1.09 bits per heavy atom. The minimum absolute atomic E-state index is 0.0255. The molecule has 2 rings (SSSR count). The maximum Gasteiger partial charge on any atom is 0.262 e. The second-order valence-electron chi connectivity index (χ2n) is 5.01. The van der Waals surface area contributed by atoms with Crippen LogP contribution in [0.5, 0.6) is 0 Å². The van der Waals surface area contributed by atoms with Gasteiger partial charge in [-0.3, -0.25) is 4.79 Å². The molecule has 23 heavy (non-hydrogen) atoms. The standard InChI is InChI=1S/C19H15N3O/c1-14(17-5-3-2-4-6-17)22-19(23)18(13-21)11-15-7-9-16(12-20)10-8-15/h2-11,14H,1H3,(H,22,23)/b18-11-/t14-/m1/s1. The number of amides is 1. The van der Waals surface area contributed by atoms with Crippen molar-refractivity contribution in [3.05, 3.63) is 76.9 Å². The molecule has 1 atom stereocenters. The van der Waals surface area contributed by atoms with Crippen molar-refractivity contribution in [3.8, 4) is 12.1 Å². The largest absolute Gasteiger partial charge is 0.345 e. The first-order valence-corrected chi connectivity index (χ1v) is 7.12. The van der Waals surface area contributed by atoms with E-state index in [0.29, 0.717) is 11.1 Å². The van der Waals surface area contributed by atoms with Crippen LogP contribution in [0.1, 0.15) is 29.7 Å². The van der Waals surface area contributed by atoms with Gasteiger partial charge in [-0.15, -0.1) is 0 Å². The fourth-order valence-corrected chi connectivity index (χ4v) is 2.07.